The summed E-state index contributed by atoms with van der Waals surface area (Å²) in [6.07, 6.45) is 3.75. The number of anilines is 1. The average molecular weight is 416 g/mol. The van der Waals surface area contributed by atoms with Gasteiger partial charge in [0.1, 0.15) is 10.8 Å². The van der Waals surface area contributed by atoms with Crippen molar-refractivity contribution in [1.29, 1.82) is 0 Å². The molecule has 0 spiro atoms. The molecular weight excluding hydrogens is 392 g/mol. The lowest BCUT2D eigenvalue weighted by atomic mass is 9.95. The number of carbonyl (C=O) groups is 3. The molecule has 0 saturated carbocycles. The van der Waals surface area contributed by atoms with Crippen molar-refractivity contribution in [1.82, 2.24) is 0 Å². The highest BCUT2D eigenvalue weighted by atomic mass is 32.1. The Hall–Kier alpha value is -2.87. The highest BCUT2D eigenvalue weighted by Gasteiger charge is 2.25. The Morgan fingerprint density at radius 3 is 2.69 bits per heavy atom. The van der Waals surface area contributed by atoms with Gasteiger partial charge in [0.25, 0.3) is 11.8 Å². The van der Waals surface area contributed by atoms with Gasteiger partial charge in [-0.2, -0.15) is 0 Å². The molecule has 2 amide bonds. The van der Waals surface area contributed by atoms with Crippen LogP contribution in [0.4, 0.5) is 5.00 Å². The number of primary amides is 1. The number of aryl methyl sites for hydroxylation is 2. The first kappa shape index (κ1) is 20.9. The van der Waals surface area contributed by atoms with E-state index in [4.69, 9.17) is 15.2 Å². The molecule has 0 bridgehead atoms. The zero-order chi connectivity index (χ0) is 20.8. The summed E-state index contributed by atoms with van der Waals surface area (Å²) in [4.78, 5) is 37.0. The van der Waals surface area contributed by atoms with Crippen LogP contribution in [0.15, 0.2) is 24.3 Å². The molecule has 29 heavy (non-hydrogen) atoms. The number of rotatable bonds is 8. The smallest absolute Gasteiger partial charge is 0.309 e. The number of hydrogen-bond donors (Lipinski definition) is 2. The van der Waals surface area contributed by atoms with Crippen molar-refractivity contribution >= 4 is 34.1 Å². The number of nitrogens with two attached hydrogens (primary N) is 1. The number of carbonyl (C=O) groups excluding carboxylic acids is 3. The summed E-state index contributed by atoms with van der Waals surface area (Å²) < 4.78 is 10.6. The molecule has 1 heterocycles. The first-order valence-corrected chi connectivity index (χ1v) is 10.4. The summed E-state index contributed by atoms with van der Waals surface area (Å²) in [5, 5.41) is 3.10. The molecule has 0 radical (unpaired) electrons. The van der Waals surface area contributed by atoms with E-state index in [-0.39, 0.29) is 13.0 Å². The lowest BCUT2D eigenvalue weighted by Crippen LogP contribution is -2.23. The predicted octanol–water partition coefficient (Wildman–Crippen LogP) is 2.99. The third kappa shape index (κ3) is 5.35. The molecule has 0 aliphatic heterocycles. The van der Waals surface area contributed by atoms with E-state index in [1.165, 1.54) is 11.3 Å². The Balaban J connectivity index is 1.47. The highest BCUT2D eigenvalue weighted by Crippen LogP contribution is 2.37. The average Bonchev–Trinajstić information content (AvgIpc) is 3.05. The van der Waals surface area contributed by atoms with Crippen molar-refractivity contribution < 1.29 is 23.9 Å². The first-order chi connectivity index (χ1) is 14.0. The fourth-order valence-corrected chi connectivity index (χ4v) is 4.57. The van der Waals surface area contributed by atoms with Gasteiger partial charge in [-0.05, 0) is 49.8 Å². The van der Waals surface area contributed by atoms with Crippen LogP contribution in [-0.2, 0) is 27.2 Å². The number of nitrogens with one attached hydrogen (secondary N) is 1. The molecule has 154 valence electrons. The molecule has 1 aromatic heterocycles. The van der Waals surface area contributed by atoms with Crippen molar-refractivity contribution in [3.63, 3.8) is 0 Å². The van der Waals surface area contributed by atoms with E-state index in [0.29, 0.717) is 16.3 Å². The van der Waals surface area contributed by atoms with E-state index in [1.807, 2.05) is 31.2 Å². The van der Waals surface area contributed by atoms with E-state index >= 15 is 0 Å². The molecule has 0 atom stereocenters. The van der Waals surface area contributed by atoms with Crippen molar-refractivity contribution in [2.45, 2.75) is 39.0 Å². The lowest BCUT2D eigenvalue weighted by molar-refractivity contribution is -0.147. The normalized spacial score (nSPS) is 12.7. The Labute approximate surface area is 173 Å². The molecule has 8 heteroatoms. The molecule has 1 aromatic carbocycles. The molecule has 0 fully saturated rings. The molecular formula is C21H24N2O5S. The maximum absolute atomic E-state index is 12.2. The molecule has 0 unspecified atom stereocenters. The van der Waals surface area contributed by atoms with Crippen LogP contribution in [0.2, 0.25) is 0 Å². The Bertz CT molecular complexity index is 922. The summed E-state index contributed by atoms with van der Waals surface area (Å²) in [7, 11) is 0. The van der Waals surface area contributed by atoms with Crippen molar-refractivity contribution in [2.24, 2.45) is 5.73 Å². The molecule has 1 aliphatic carbocycles. The van der Waals surface area contributed by atoms with Crippen LogP contribution in [0.1, 0.15) is 45.6 Å². The minimum Gasteiger partial charge on any atom is -0.493 e. The summed E-state index contributed by atoms with van der Waals surface area (Å²) >= 11 is 1.37. The van der Waals surface area contributed by atoms with E-state index in [1.54, 1.807) is 0 Å². The first-order valence-electron chi connectivity index (χ1n) is 9.54. The number of amides is 2. The van der Waals surface area contributed by atoms with Crippen molar-refractivity contribution in [3.05, 3.63) is 45.8 Å². The standard InChI is InChI=1S/C21H24N2O5S/c1-13-6-2-4-8-15(13)27-11-10-18(25)28-12-17(24)23-21-19(20(22)26)14-7-3-5-9-16(14)29-21/h2,4,6,8H,3,5,7,9-12H2,1H3,(H2,22,26)(H,23,24). The van der Waals surface area contributed by atoms with Gasteiger partial charge in [-0.25, -0.2) is 0 Å². The number of ether oxygens (including phenoxy) is 2. The molecule has 7 nitrogen and oxygen atoms in total. The van der Waals surface area contributed by atoms with Crippen LogP contribution in [-0.4, -0.2) is 31.0 Å². The second-order valence-corrected chi connectivity index (χ2v) is 7.96. The molecule has 1 aliphatic rings. The highest BCUT2D eigenvalue weighted by molar-refractivity contribution is 7.17. The Morgan fingerprint density at radius 2 is 1.93 bits per heavy atom. The maximum atomic E-state index is 12.2. The summed E-state index contributed by atoms with van der Waals surface area (Å²) in [6, 6.07) is 7.50. The van der Waals surface area contributed by atoms with Crippen LogP contribution >= 0.6 is 11.3 Å². The number of fused-ring (bicyclic) bond motifs is 1. The molecule has 3 N–H and O–H groups in total. The van der Waals surface area contributed by atoms with Crippen molar-refractivity contribution in [2.75, 3.05) is 18.5 Å². The van der Waals surface area contributed by atoms with Crippen LogP contribution in [0, 0.1) is 6.92 Å². The van der Waals surface area contributed by atoms with Gasteiger partial charge in [-0.15, -0.1) is 11.3 Å². The van der Waals surface area contributed by atoms with Crippen LogP contribution in [0.25, 0.3) is 0 Å². The van der Waals surface area contributed by atoms with E-state index in [2.05, 4.69) is 5.32 Å². The molecule has 3 rings (SSSR count). The topological polar surface area (TPSA) is 108 Å². The number of benzene rings is 1. The fourth-order valence-electron chi connectivity index (χ4n) is 3.26. The minimum atomic E-state index is -0.551. The van der Waals surface area contributed by atoms with E-state index < -0.39 is 24.4 Å². The predicted molar refractivity (Wildman–Crippen MR) is 110 cm³/mol. The zero-order valence-electron chi connectivity index (χ0n) is 16.3. The Morgan fingerprint density at radius 1 is 1.17 bits per heavy atom. The zero-order valence-corrected chi connectivity index (χ0v) is 17.1. The number of hydrogen-bond acceptors (Lipinski definition) is 6. The second-order valence-electron chi connectivity index (χ2n) is 6.85. The van der Waals surface area contributed by atoms with E-state index in [9.17, 15) is 14.4 Å². The van der Waals surface area contributed by atoms with Gasteiger partial charge in [0.15, 0.2) is 6.61 Å². The third-order valence-electron chi connectivity index (χ3n) is 4.69. The van der Waals surface area contributed by atoms with Gasteiger partial charge >= 0.3 is 5.97 Å². The summed E-state index contributed by atoms with van der Waals surface area (Å²) in [5.41, 5.74) is 7.81. The van der Waals surface area contributed by atoms with Gasteiger partial charge in [-0.1, -0.05) is 18.2 Å². The van der Waals surface area contributed by atoms with Gasteiger partial charge in [0.2, 0.25) is 0 Å². The number of esters is 1. The van der Waals surface area contributed by atoms with Gasteiger partial charge in [-0.3, -0.25) is 14.4 Å². The molecule has 0 saturated heterocycles. The van der Waals surface area contributed by atoms with Crippen molar-refractivity contribution in [3.8, 4) is 5.75 Å². The van der Waals surface area contributed by atoms with Gasteiger partial charge in [0.05, 0.1) is 18.6 Å². The lowest BCUT2D eigenvalue weighted by Gasteiger charge is -2.11. The van der Waals surface area contributed by atoms with Crippen LogP contribution < -0.4 is 15.8 Å². The SMILES string of the molecule is Cc1ccccc1OCCC(=O)OCC(=O)Nc1sc2c(c1C(N)=O)CCCC2. The Kier molecular flexibility index (Phi) is 6.87. The summed E-state index contributed by atoms with van der Waals surface area (Å²) in [5.74, 6) is -0.877. The maximum Gasteiger partial charge on any atom is 0.309 e. The van der Waals surface area contributed by atoms with Gasteiger partial charge < -0.3 is 20.5 Å². The third-order valence-corrected chi connectivity index (χ3v) is 5.90. The summed E-state index contributed by atoms with van der Waals surface area (Å²) in [6.45, 7) is 1.65. The minimum absolute atomic E-state index is 0.0292. The van der Waals surface area contributed by atoms with Crippen LogP contribution in [0.5, 0.6) is 5.75 Å². The fraction of sp³-hybridized carbons (Fsp3) is 0.381. The second kappa shape index (κ2) is 9.56. The van der Waals surface area contributed by atoms with Gasteiger partial charge in [0, 0.05) is 4.88 Å². The van der Waals surface area contributed by atoms with E-state index in [0.717, 1.165) is 41.7 Å². The number of para-hydroxylation sites is 1. The van der Waals surface area contributed by atoms with Crippen LogP contribution in [0.3, 0.4) is 0 Å². The molecule has 2 aromatic rings. The number of thiophene rings is 1. The largest absolute Gasteiger partial charge is 0.493 e. The monoisotopic (exact) mass is 416 g/mol. The quantitative estimate of drug-likeness (QED) is 0.643.